The summed E-state index contributed by atoms with van der Waals surface area (Å²) in [4.78, 5) is 18.4. The van der Waals surface area contributed by atoms with Gasteiger partial charge in [-0.3, -0.25) is 4.79 Å². The van der Waals surface area contributed by atoms with Crippen LogP contribution in [0.25, 0.3) is 11.1 Å². The van der Waals surface area contributed by atoms with E-state index in [4.69, 9.17) is 8.83 Å². The van der Waals surface area contributed by atoms with Crippen LogP contribution < -0.4 is 0 Å². The Bertz CT molecular complexity index is 1100. The van der Waals surface area contributed by atoms with Crippen molar-refractivity contribution in [3.63, 3.8) is 0 Å². The predicted molar refractivity (Wildman–Crippen MR) is 109 cm³/mol. The molecule has 0 spiro atoms. The second kappa shape index (κ2) is 7.29. The van der Waals surface area contributed by atoms with E-state index < -0.39 is 0 Å². The molecule has 28 heavy (non-hydrogen) atoms. The molecule has 4 heterocycles. The first kappa shape index (κ1) is 17.3. The highest BCUT2D eigenvalue weighted by atomic mass is 32.2. The number of thioether (sulfide) groups is 1. The van der Waals surface area contributed by atoms with Gasteiger partial charge in [-0.25, -0.2) is 9.99 Å². The Kier molecular flexibility index (Phi) is 4.50. The van der Waals surface area contributed by atoms with Gasteiger partial charge in [0.05, 0.1) is 22.6 Å². The Morgan fingerprint density at radius 2 is 2.14 bits per heavy atom. The molecule has 0 bridgehead atoms. The Morgan fingerprint density at radius 3 is 2.93 bits per heavy atom. The summed E-state index contributed by atoms with van der Waals surface area (Å²) < 4.78 is 11.3. The predicted octanol–water partition coefficient (Wildman–Crippen LogP) is 4.95. The molecule has 5 rings (SSSR count). The second-order valence-electron chi connectivity index (χ2n) is 6.23. The van der Waals surface area contributed by atoms with E-state index in [1.807, 2.05) is 53.9 Å². The summed E-state index contributed by atoms with van der Waals surface area (Å²) in [7, 11) is 0. The number of hydrogen-bond acceptors (Lipinski definition) is 7. The number of oxazole rings is 1. The molecule has 0 fully saturated rings. The molecule has 8 heteroatoms. The molecule has 1 atom stereocenters. The lowest BCUT2D eigenvalue weighted by Crippen LogP contribution is -2.28. The molecule has 0 saturated carbocycles. The Morgan fingerprint density at radius 1 is 1.21 bits per heavy atom. The average molecular weight is 409 g/mol. The topological polar surface area (TPSA) is 71.8 Å². The first-order valence-electron chi connectivity index (χ1n) is 8.73. The van der Waals surface area contributed by atoms with Gasteiger partial charge in [-0.05, 0) is 35.7 Å². The van der Waals surface area contributed by atoms with Crippen molar-refractivity contribution in [2.75, 3.05) is 5.75 Å². The van der Waals surface area contributed by atoms with Crippen LogP contribution >= 0.6 is 23.1 Å². The number of thiophene rings is 1. The van der Waals surface area contributed by atoms with Crippen LogP contribution in [0, 0.1) is 0 Å². The molecule has 0 saturated heterocycles. The fraction of sp³-hybridized carbons (Fsp3) is 0.150. The highest BCUT2D eigenvalue weighted by Crippen LogP contribution is 2.35. The monoisotopic (exact) mass is 409 g/mol. The molecule has 6 nitrogen and oxygen atoms in total. The third-order valence-corrected chi connectivity index (χ3v) is 6.17. The number of amides is 1. The van der Waals surface area contributed by atoms with E-state index in [9.17, 15) is 4.79 Å². The van der Waals surface area contributed by atoms with Crippen LogP contribution in [0.4, 0.5) is 0 Å². The van der Waals surface area contributed by atoms with Gasteiger partial charge in [0.2, 0.25) is 0 Å². The summed E-state index contributed by atoms with van der Waals surface area (Å²) in [5.41, 5.74) is 2.40. The van der Waals surface area contributed by atoms with Crippen molar-refractivity contribution in [3.8, 4) is 0 Å². The van der Waals surface area contributed by atoms with Crippen LogP contribution in [0.3, 0.4) is 0 Å². The Balaban J connectivity index is 1.36. The number of fused-ring (bicyclic) bond motifs is 1. The summed E-state index contributed by atoms with van der Waals surface area (Å²) in [6.07, 6.45) is 2.25. The molecule has 3 aromatic heterocycles. The molecular formula is C20H15N3O3S2. The molecule has 140 valence electrons. The highest BCUT2D eigenvalue weighted by Gasteiger charge is 2.35. The molecule has 4 aromatic rings. The van der Waals surface area contributed by atoms with Crippen LogP contribution in [0.1, 0.15) is 23.1 Å². The summed E-state index contributed by atoms with van der Waals surface area (Å²) in [6, 6.07) is 15.0. The van der Waals surface area contributed by atoms with Gasteiger partial charge >= 0.3 is 0 Å². The van der Waals surface area contributed by atoms with Gasteiger partial charge in [-0.1, -0.05) is 30.0 Å². The van der Waals surface area contributed by atoms with Crippen LogP contribution in [-0.2, 0) is 4.79 Å². The van der Waals surface area contributed by atoms with Crippen molar-refractivity contribution in [1.82, 2.24) is 9.99 Å². The van der Waals surface area contributed by atoms with E-state index in [2.05, 4.69) is 10.1 Å². The van der Waals surface area contributed by atoms with Crippen LogP contribution in [0.2, 0.25) is 0 Å². The number of nitrogens with zero attached hydrogens (tertiary/aromatic N) is 3. The van der Waals surface area contributed by atoms with Gasteiger partial charge < -0.3 is 8.83 Å². The maximum Gasteiger partial charge on any atom is 0.257 e. The largest absolute Gasteiger partial charge is 0.467 e. The lowest BCUT2D eigenvalue weighted by molar-refractivity contribution is -0.130. The number of hydrazone groups is 1. The van der Waals surface area contributed by atoms with Crippen molar-refractivity contribution in [3.05, 3.63) is 70.8 Å². The molecule has 0 unspecified atom stereocenters. The summed E-state index contributed by atoms with van der Waals surface area (Å²) in [5, 5.41) is 8.63. The number of carbonyl (C=O) groups is 1. The molecule has 1 aliphatic rings. The first-order chi connectivity index (χ1) is 13.8. The minimum atomic E-state index is -0.233. The van der Waals surface area contributed by atoms with Crippen molar-refractivity contribution in [1.29, 1.82) is 0 Å². The van der Waals surface area contributed by atoms with E-state index >= 15 is 0 Å². The summed E-state index contributed by atoms with van der Waals surface area (Å²) in [5.74, 6) is 0.807. The van der Waals surface area contributed by atoms with Crippen molar-refractivity contribution < 1.29 is 13.6 Å². The number of para-hydroxylation sites is 2. The number of hydrogen-bond donors (Lipinski definition) is 0. The molecule has 1 aliphatic heterocycles. The minimum absolute atomic E-state index is 0.111. The molecule has 0 radical (unpaired) electrons. The SMILES string of the molecule is O=C(CSc1nc2ccccc2o1)N1N=C(c2cccs2)C[C@@H]1c1ccco1. The Hall–Kier alpha value is -2.84. The van der Waals surface area contributed by atoms with Crippen LogP contribution in [0.5, 0.6) is 0 Å². The number of aromatic nitrogens is 1. The number of rotatable bonds is 5. The zero-order chi connectivity index (χ0) is 18.9. The molecule has 1 aromatic carbocycles. The maximum absolute atomic E-state index is 12.9. The highest BCUT2D eigenvalue weighted by molar-refractivity contribution is 7.99. The third kappa shape index (κ3) is 3.25. The lowest BCUT2D eigenvalue weighted by Gasteiger charge is -2.19. The van der Waals surface area contributed by atoms with Gasteiger partial charge in [0, 0.05) is 6.42 Å². The third-order valence-electron chi connectivity index (χ3n) is 4.44. The number of benzene rings is 1. The zero-order valence-corrected chi connectivity index (χ0v) is 16.3. The quantitative estimate of drug-likeness (QED) is 0.436. The van der Waals surface area contributed by atoms with Crippen LogP contribution in [-0.4, -0.2) is 27.4 Å². The van der Waals surface area contributed by atoms with E-state index in [0.29, 0.717) is 17.2 Å². The van der Waals surface area contributed by atoms with Crippen LogP contribution in [0.15, 0.2) is 79.3 Å². The Labute approximate surface area is 168 Å². The molecular weight excluding hydrogens is 394 g/mol. The fourth-order valence-corrected chi connectivity index (χ4v) is 4.55. The lowest BCUT2D eigenvalue weighted by atomic mass is 10.1. The van der Waals surface area contributed by atoms with Gasteiger partial charge in [-0.15, -0.1) is 11.3 Å². The maximum atomic E-state index is 12.9. The first-order valence-corrected chi connectivity index (χ1v) is 10.6. The van der Waals surface area contributed by atoms with E-state index in [1.54, 1.807) is 17.6 Å². The number of carbonyl (C=O) groups excluding carboxylic acids is 1. The molecule has 1 amide bonds. The van der Waals surface area contributed by atoms with E-state index in [-0.39, 0.29) is 17.7 Å². The van der Waals surface area contributed by atoms with Crippen molar-refractivity contribution in [2.45, 2.75) is 17.7 Å². The summed E-state index contributed by atoms with van der Waals surface area (Å²) >= 11 is 2.89. The van der Waals surface area contributed by atoms with Gasteiger partial charge in [0.1, 0.15) is 17.3 Å². The molecule has 0 N–H and O–H groups in total. The van der Waals surface area contributed by atoms with Crippen molar-refractivity contribution in [2.24, 2.45) is 5.10 Å². The summed E-state index contributed by atoms with van der Waals surface area (Å²) in [6.45, 7) is 0. The molecule has 0 aliphatic carbocycles. The van der Waals surface area contributed by atoms with Crippen molar-refractivity contribution >= 4 is 45.8 Å². The fourth-order valence-electron chi connectivity index (χ4n) is 3.14. The van der Waals surface area contributed by atoms with E-state index in [0.717, 1.165) is 21.9 Å². The van der Waals surface area contributed by atoms with E-state index in [1.165, 1.54) is 16.8 Å². The van der Waals surface area contributed by atoms with Gasteiger partial charge in [0.25, 0.3) is 11.1 Å². The smallest absolute Gasteiger partial charge is 0.257 e. The zero-order valence-electron chi connectivity index (χ0n) is 14.6. The normalized spacial score (nSPS) is 16.6. The number of furan rings is 1. The standard InChI is InChI=1S/C20H15N3O3S2/c24-19(12-28-20-21-13-5-1-2-6-16(13)26-20)23-15(17-7-3-9-25-17)11-14(22-23)18-8-4-10-27-18/h1-10,15H,11-12H2/t15-/m1/s1. The van der Waals surface area contributed by atoms with Gasteiger partial charge in [0.15, 0.2) is 5.58 Å². The van der Waals surface area contributed by atoms with Gasteiger partial charge in [-0.2, -0.15) is 5.10 Å². The second-order valence-corrected chi connectivity index (χ2v) is 8.11. The average Bonchev–Trinajstić information content (AvgIpc) is 3.50. The minimum Gasteiger partial charge on any atom is -0.467 e.